The van der Waals surface area contributed by atoms with Crippen LogP contribution < -0.4 is 0 Å². The van der Waals surface area contributed by atoms with Crippen LogP contribution in [0.1, 0.15) is 46.0 Å². The number of hydrogen-bond acceptors (Lipinski definition) is 0. The molecule has 0 fully saturated rings. The highest BCUT2D eigenvalue weighted by Gasteiger charge is 1.90. The van der Waals surface area contributed by atoms with E-state index in [-0.39, 0.29) is 0 Å². The third kappa shape index (κ3) is 8.31. The zero-order valence-electron chi connectivity index (χ0n) is 8.20. The molecule has 0 nitrogen and oxygen atoms in total. The van der Waals surface area contributed by atoms with Gasteiger partial charge >= 0.3 is 0 Å². The summed E-state index contributed by atoms with van der Waals surface area (Å²) in [5.74, 6) is 0. The Balaban J connectivity index is 3.47. The van der Waals surface area contributed by atoms with Crippen LogP contribution in [0, 0.1) is 0 Å². The molecule has 0 saturated heterocycles. The maximum atomic E-state index is 3.88. The van der Waals surface area contributed by atoms with Crippen molar-refractivity contribution >= 4 is 22.6 Å². The topological polar surface area (TPSA) is 0 Å². The molecule has 0 aromatic heterocycles. The minimum atomic E-state index is 1.14. The van der Waals surface area contributed by atoms with Gasteiger partial charge in [-0.05, 0) is 58.8 Å². The van der Waals surface area contributed by atoms with Crippen LogP contribution in [0.3, 0.4) is 0 Å². The average molecular weight is 278 g/mol. The van der Waals surface area contributed by atoms with Gasteiger partial charge in [-0.3, -0.25) is 0 Å². The summed E-state index contributed by atoms with van der Waals surface area (Å²) in [6, 6.07) is 0. The molecule has 0 heterocycles. The Hall–Kier alpha value is 0.210. The van der Waals surface area contributed by atoms with Crippen molar-refractivity contribution in [3.63, 3.8) is 0 Å². The Morgan fingerprint density at radius 3 is 2.58 bits per heavy atom. The summed E-state index contributed by atoms with van der Waals surface area (Å²) >= 11 is 2.44. The molecule has 0 spiro atoms. The van der Waals surface area contributed by atoms with Gasteiger partial charge < -0.3 is 0 Å². The van der Waals surface area contributed by atoms with Crippen LogP contribution in [0.5, 0.6) is 0 Å². The second-order valence-electron chi connectivity index (χ2n) is 3.25. The first-order chi connectivity index (χ1) is 5.66. The predicted octanol–water partition coefficient (Wildman–Crippen LogP) is 4.85. The fraction of sp³-hybridized carbons (Fsp3) is 0.636. The quantitative estimate of drug-likeness (QED) is 0.481. The molecular formula is C11H19I. The number of allylic oxidation sites excluding steroid dienone is 3. The van der Waals surface area contributed by atoms with Gasteiger partial charge in [-0.25, -0.2) is 0 Å². The van der Waals surface area contributed by atoms with Gasteiger partial charge in [0.1, 0.15) is 0 Å². The SMILES string of the molecule is C=C(C)CC/C=C(\I)CCCC. The minimum absolute atomic E-state index is 1.14. The molecule has 0 rings (SSSR count). The molecule has 0 atom stereocenters. The van der Waals surface area contributed by atoms with Gasteiger partial charge in [0.2, 0.25) is 0 Å². The first kappa shape index (κ1) is 12.2. The van der Waals surface area contributed by atoms with Gasteiger partial charge in [-0.2, -0.15) is 0 Å². The van der Waals surface area contributed by atoms with Crippen molar-refractivity contribution < 1.29 is 0 Å². The highest BCUT2D eigenvalue weighted by atomic mass is 127. The predicted molar refractivity (Wildman–Crippen MR) is 65.7 cm³/mol. The Morgan fingerprint density at radius 2 is 2.08 bits per heavy atom. The molecule has 0 saturated carbocycles. The lowest BCUT2D eigenvalue weighted by molar-refractivity contribution is 0.808. The largest absolute Gasteiger partial charge is 0.100 e. The second-order valence-corrected chi connectivity index (χ2v) is 4.64. The molecular weight excluding hydrogens is 259 g/mol. The van der Waals surface area contributed by atoms with Gasteiger partial charge in [0.05, 0.1) is 0 Å². The van der Waals surface area contributed by atoms with Gasteiger partial charge in [-0.1, -0.05) is 25.0 Å². The van der Waals surface area contributed by atoms with Gasteiger partial charge in [0.25, 0.3) is 0 Å². The van der Waals surface area contributed by atoms with Crippen molar-refractivity contribution in [1.82, 2.24) is 0 Å². The lowest BCUT2D eigenvalue weighted by atomic mass is 10.1. The molecule has 0 amide bonds. The summed E-state index contributed by atoms with van der Waals surface area (Å²) in [5.41, 5.74) is 1.28. The summed E-state index contributed by atoms with van der Waals surface area (Å²) in [5, 5.41) is 0. The number of unbranched alkanes of at least 4 members (excludes halogenated alkanes) is 1. The minimum Gasteiger partial charge on any atom is -0.100 e. The van der Waals surface area contributed by atoms with Crippen LogP contribution >= 0.6 is 22.6 Å². The smallest absolute Gasteiger partial charge is 0.0134 e. The summed E-state index contributed by atoms with van der Waals surface area (Å²) in [7, 11) is 0. The molecule has 70 valence electrons. The van der Waals surface area contributed by atoms with Crippen molar-refractivity contribution in [2.45, 2.75) is 46.0 Å². The van der Waals surface area contributed by atoms with E-state index < -0.39 is 0 Å². The van der Waals surface area contributed by atoms with Crippen LogP contribution in [0.2, 0.25) is 0 Å². The Bertz CT molecular complexity index is 156. The monoisotopic (exact) mass is 278 g/mol. The zero-order valence-corrected chi connectivity index (χ0v) is 10.4. The molecule has 0 radical (unpaired) electrons. The van der Waals surface area contributed by atoms with Crippen LogP contribution in [-0.4, -0.2) is 0 Å². The fourth-order valence-electron chi connectivity index (χ4n) is 0.923. The lowest BCUT2D eigenvalue weighted by Crippen LogP contribution is -1.76. The number of hydrogen-bond donors (Lipinski definition) is 0. The lowest BCUT2D eigenvalue weighted by Gasteiger charge is -1.98. The van der Waals surface area contributed by atoms with Gasteiger partial charge in [0.15, 0.2) is 0 Å². The van der Waals surface area contributed by atoms with Crippen LogP contribution in [0.25, 0.3) is 0 Å². The van der Waals surface area contributed by atoms with Crippen LogP contribution in [0.15, 0.2) is 21.8 Å². The fourth-order valence-corrected chi connectivity index (χ4v) is 1.62. The van der Waals surface area contributed by atoms with Crippen LogP contribution in [0.4, 0.5) is 0 Å². The molecule has 0 unspecified atom stereocenters. The summed E-state index contributed by atoms with van der Waals surface area (Å²) in [4.78, 5) is 0. The summed E-state index contributed by atoms with van der Waals surface area (Å²) < 4.78 is 1.51. The van der Waals surface area contributed by atoms with E-state index in [2.05, 4.69) is 49.1 Å². The molecule has 0 aliphatic heterocycles. The van der Waals surface area contributed by atoms with E-state index in [1.807, 2.05) is 0 Å². The molecule has 0 aromatic carbocycles. The van der Waals surface area contributed by atoms with E-state index >= 15 is 0 Å². The maximum absolute atomic E-state index is 3.88. The van der Waals surface area contributed by atoms with E-state index in [0.717, 1.165) is 12.8 Å². The molecule has 1 heteroatoms. The van der Waals surface area contributed by atoms with Crippen LogP contribution in [-0.2, 0) is 0 Å². The third-order valence-electron chi connectivity index (χ3n) is 1.71. The summed E-state index contributed by atoms with van der Waals surface area (Å²) in [6.45, 7) is 8.21. The average Bonchev–Trinajstić information content (AvgIpc) is 2.00. The van der Waals surface area contributed by atoms with E-state index in [0.29, 0.717) is 0 Å². The first-order valence-corrected chi connectivity index (χ1v) is 5.73. The van der Waals surface area contributed by atoms with Crippen molar-refractivity contribution in [1.29, 1.82) is 0 Å². The Morgan fingerprint density at radius 1 is 1.42 bits per heavy atom. The molecule has 0 aliphatic carbocycles. The standard InChI is InChI=1S/C11H19I/c1-4-5-8-11(12)9-6-7-10(2)3/h9H,2,4-8H2,1,3H3/b11-9-. The number of halogens is 1. The Kier molecular flexibility index (Phi) is 7.98. The van der Waals surface area contributed by atoms with E-state index in [1.165, 1.54) is 28.4 Å². The first-order valence-electron chi connectivity index (χ1n) is 4.65. The van der Waals surface area contributed by atoms with Crippen molar-refractivity contribution in [2.75, 3.05) is 0 Å². The highest BCUT2D eigenvalue weighted by molar-refractivity contribution is 14.1. The van der Waals surface area contributed by atoms with E-state index in [9.17, 15) is 0 Å². The molecule has 0 N–H and O–H groups in total. The van der Waals surface area contributed by atoms with Crippen molar-refractivity contribution in [3.05, 3.63) is 21.8 Å². The van der Waals surface area contributed by atoms with Crippen molar-refractivity contribution in [3.8, 4) is 0 Å². The maximum Gasteiger partial charge on any atom is -0.0134 e. The molecule has 12 heavy (non-hydrogen) atoms. The van der Waals surface area contributed by atoms with E-state index in [4.69, 9.17) is 0 Å². The normalized spacial score (nSPS) is 11.8. The molecule has 0 bridgehead atoms. The molecule has 0 aliphatic rings. The van der Waals surface area contributed by atoms with Crippen molar-refractivity contribution in [2.24, 2.45) is 0 Å². The summed E-state index contributed by atoms with van der Waals surface area (Å²) in [6.07, 6.45) is 8.51. The zero-order chi connectivity index (χ0) is 9.40. The van der Waals surface area contributed by atoms with Gasteiger partial charge in [0, 0.05) is 0 Å². The van der Waals surface area contributed by atoms with E-state index in [1.54, 1.807) is 0 Å². The van der Waals surface area contributed by atoms with Gasteiger partial charge in [-0.15, -0.1) is 6.58 Å². The molecule has 0 aromatic rings. The third-order valence-corrected chi connectivity index (χ3v) is 2.69. The Labute approximate surface area is 90.3 Å². The number of rotatable bonds is 6. The second kappa shape index (κ2) is 7.84. The highest BCUT2D eigenvalue weighted by Crippen LogP contribution is 2.16.